The van der Waals surface area contributed by atoms with E-state index in [9.17, 15) is 13.2 Å². The molecule has 0 atom stereocenters. The van der Waals surface area contributed by atoms with Gasteiger partial charge in [0.05, 0.1) is 10.6 Å². The Kier molecular flexibility index (Phi) is 8.34. The summed E-state index contributed by atoms with van der Waals surface area (Å²) in [6, 6.07) is 21.8. The monoisotopic (exact) mass is 479 g/mol. The molecule has 7 heteroatoms. The number of hydrogen-bond acceptors (Lipinski definition) is 4. The van der Waals surface area contributed by atoms with Gasteiger partial charge in [-0.2, -0.15) is 0 Å². The zero-order chi connectivity index (χ0) is 24.7. The maximum Gasteiger partial charge on any atom is 0.264 e. The number of hydrogen-bond donors (Lipinski definition) is 1. The van der Waals surface area contributed by atoms with E-state index in [0.717, 1.165) is 35.5 Å². The highest BCUT2D eigenvalue weighted by atomic mass is 32.2. The normalized spacial score (nSPS) is 11.2. The van der Waals surface area contributed by atoms with Crippen LogP contribution in [0.4, 0.5) is 11.4 Å². The number of anilines is 2. The zero-order valence-electron chi connectivity index (χ0n) is 20.3. The standard InChI is InChI=1S/C27H33N3O3S/c1-5-29(6-2)24-14-12-23(13-15-24)19-28-27(31)20-30(25-9-7-8-22(4)18-25)34(32,33)26-16-10-21(3)11-17-26/h7-18H,5-6,19-20H2,1-4H3,(H,28,31). The smallest absolute Gasteiger partial charge is 0.264 e. The number of aryl methyl sites for hydroxylation is 2. The van der Waals surface area contributed by atoms with Crippen molar-refractivity contribution >= 4 is 27.3 Å². The number of carbonyl (C=O) groups is 1. The second-order valence-electron chi connectivity index (χ2n) is 8.28. The number of amides is 1. The summed E-state index contributed by atoms with van der Waals surface area (Å²) in [4.78, 5) is 15.3. The van der Waals surface area contributed by atoms with Gasteiger partial charge in [-0.3, -0.25) is 9.10 Å². The number of sulfonamides is 1. The number of benzene rings is 3. The molecule has 0 heterocycles. The van der Waals surface area contributed by atoms with Crippen molar-refractivity contribution in [1.82, 2.24) is 5.32 Å². The Hall–Kier alpha value is -3.32. The van der Waals surface area contributed by atoms with Crippen molar-refractivity contribution in [3.63, 3.8) is 0 Å². The van der Waals surface area contributed by atoms with Gasteiger partial charge < -0.3 is 10.2 Å². The number of carbonyl (C=O) groups excluding carboxylic acids is 1. The molecular weight excluding hydrogens is 446 g/mol. The van der Waals surface area contributed by atoms with Crippen molar-refractivity contribution < 1.29 is 13.2 Å². The minimum Gasteiger partial charge on any atom is -0.372 e. The average Bonchev–Trinajstić information content (AvgIpc) is 2.83. The molecule has 0 unspecified atom stereocenters. The first kappa shape index (κ1) is 25.3. The van der Waals surface area contributed by atoms with Gasteiger partial charge in [0.1, 0.15) is 6.54 Å². The first-order valence-electron chi connectivity index (χ1n) is 11.5. The SMILES string of the molecule is CCN(CC)c1ccc(CNC(=O)CN(c2cccc(C)c2)S(=O)(=O)c2ccc(C)cc2)cc1. The molecule has 0 saturated carbocycles. The molecule has 0 spiro atoms. The van der Waals surface area contributed by atoms with E-state index >= 15 is 0 Å². The molecule has 0 fully saturated rings. The zero-order valence-corrected chi connectivity index (χ0v) is 21.1. The van der Waals surface area contributed by atoms with Gasteiger partial charge in [-0.1, -0.05) is 42.0 Å². The third-order valence-corrected chi connectivity index (χ3v) is 7.53. The molecule has 0 bridgehead atoms. The van der Waals surface area contributed by atoms with Crippen LogP contribution in [0.1, 0.15) is 30.5 Å². The molecule has 0 radical (unpaired) electrons. The lowest BCUT2D eigenvalue weighted by Gasteiger charge is -2.24. The van der Waals surface area contributed by atoms with E-state index in [2.05, 4.69) is 24.1 Å². The Balaban J connectivity index is 1.77. The fourth-order valence-corrected chi connectivity index (χ4v) is 5.15. The van der Waals surface area contributed by atoms with Crippen LogP contribution in [0.5, 0.6) is 0 Å². The molecule has 3 aromatic rings. The van der Waals surface area contributed by atoms with Crippen LogP contribution in [0.3, 0.4) is 0 Å². The second kappa shape index (κ2) is 11.2. The Morgan fingerprint density at radius 3 is 2.06 bits per heavy atom. The molecule has 0 saturated heterocycles. The number of rotatable bonds is 10. The first-order valence-corrected chi connectivity index (χ1v) is 12.9. The highest BCUT2D eigenvalue weighted by Crippen LogP contribution is 2.24. The molecule has 1 N–H and O–H groups in total. The summed E-state index contributed by atoms with van der Waals surface area (Å²) in [5.74, 6) is -0.370. The summed E-state index contributed by atoms with van der Waals surface area (Å²) in [6.45, 7) is 9.89. The van der Waals surface area contributed by atoms with Crippen molar-refractivity contribution in [3.8, 4) is 0 Å². The maximum atomic E-state index is 13.5. The van der Waals surface area contributed by atoms with Crippen LogP contribution < -0.4 is 14.5 Å². The van der Waals surface area contributed by atoms with E-state index in [0.29, 0.717) is 12.2 Å². The van der Waals surface area contributed by atoms with Crippen molar-refractivity contribution in [2.45, 2.75) is 39.1 Å². The van der Waals surface area contributed by atoms with Gasteiger partial charge in [-0.05, 0) is 75.2 Å². The minimum absolute atomic E-state index is 0.152. The Morgan fingerprint density at radius 1 is 0.824 bits per heavy atom. The summed E-state index contributed by atoms with van der Waals surface area (Å²) in [6.07, 6.45) is 0. The fourth-order valence-electron chi connectivity index (χ4n) is 3.74. The van der Waals surface area contributed by atoms with Crippen LogP contribution in [0, 0.1) is 13.8 Å². The third-order valence-electron chi connectivity index (χ3n) is 5.74. The van der Waals surface area contributed by atoms with Crippen LogP contribution >= 0.6 is 0 Å². The van der Waals surface area contributed by atoms with Crippen molar-refractivity contribution in [2.75, 3.05) is 28.8 Å². The highest BCUT2D eigenvalue weighted by Gasteiger charge is 2.27. The predicted octanol–water partition coefficient (Wildman–Crippen LogP) is 4.66. The Bertz CT molecular complexity index is 1200. The Labute approximate surface area is 203 Å². The van der Waals surface area contributed by atoms with Crippen LogP contribution in [-0.2, 0) is 21.4 Å². The molecule has 34 heavy (non-hydrogen) atoms. The lowest BCUT2D eigenvalue weighted by atomic mass is 10.2. The van der Waals surface area contributed by atoms with Crippen LogP contribution in [0.15, 0.2) is 77.7 Å². The van der Waals surface area contributed by atoms with Gasteiger partial charge in [0.25, 0.3) is 10.0 Å². The van der Waals surface area contributed by atoms with E-state index in [1.54, 1.807) is 42.5 Å². The van der Waals surface area contributed by atoms with Crippen molar-refractivity contribution in [2.24, 2.45) is 0 Å². The van der Waals surface area contributed by atoms with Crippen LogP contribution in [0.2, 0.25) is 0 Å². The van der Waals surface area contributed by atoms with Gasteiger partial charge >= 0.3 is 0 Å². The Morgan fingerprint density at radius 2 is 1.47 bits per heavy atom. The van der Waals surface area contributed by atoms with E-state index in [1.165, 1.54) is 4.31 Å². The fraction of sp³-hybridized carbons (Fsp3) is 0.296. The molecule has 180 valence electrons. The van der Waals surface area contributed by atoms with E-state index in [4.69, 9.17) is 0 Å². The lowest BCUT2D eigenvalue weighted by Crippen LogP contribution is -2.40. The molecule has 1 amide bonds. The van der Waals surface area contributed by atoms with E-state index in [-0.39, 0.29) is 17.3 Å². The molecule has 0 aromatic heterocycles. The van der Waals surface area contributed by atoms with E-state index in [1.807, 2.05) is 44.2 Å². The second-order valence-corrected chi connectivity index (χ2v) is 10.1. The molecule has 0 aliphatic rings. The summed E-state index contributed by atoms with van der Waals surface area (Å²) < 4.78 is 28.1. The molecule has 3 rings (SSSR count). The summed E-state index contributed by atoms with van der Waals surface area (Å²) in [5, 5.41) is 2.86. The molecule has 3 aromatic carbocycles. The molecule has 0 aliphatic heterocycles. The number of nitrogens with zero attached hydrogens (tertiary/aromatic N) is 2. The van der Waals surface area contributed by atoms with Crippen LogP contribution in [0.25, 0.3) is 0 Å². The third kappa shape index (κ3) is 6.17. The summed E-state index contributed by atoms with van der Waals surface area (Å²) in [7, 11) is -3.92. The number of nitrogens with one attached hydrogen (secondary N) is 1. The van der Waals surface area contributed by atoms with Crippen molar-refractivity contribution in [1.29, 1.82) is 0 Å². The van der Waals surface area contributed by atoms with Gasteiger partial charge in [0.15, 0.2) is 0 Å². The molecule has 6 nitrogen and oxygen atoms in total. The minimum atomic E-state index is -3.92. The molecule has 0 aliphatic carbocycles. The average molecular weight is 480 g/mol. The first-order chi connectivity index (χ1) is 16.2. The van der Waals surface area contributed by atoms with Gasteiger partial charge in [-0.15, -0.1) is 0 Å². The van der Waals surface area contributed by atoms with Crippen LogP contribution in [-0.4, -0.2) is 34.0 Å². The summed E-state index contributed by atoms with van der Waals surface area (Å²) >= 11 is 0. The maximum absolute atomic E-state index is 13.5. The molecular formula is C27H33N3O3S. The predicted molar refractivity (Wildman–Crippen MR) is 139 cm³/mol. The van der Waals surface area contributed by atoms with Crippen molar-refractivity contribution in [3.05, 3.63) is 89.5 Å². The largest absolute Gasteiger partial charge is 0.372 e. The highest BCUT2D eigenvalue weighted by molar-refractivity contribution is 7.92. The lowest BCUT2D eigenvalue weighted by molar-refractivity contribution is -0.119. The van der Waals surface area contributed by atoms with Gasteiger partial charge in [0.2, 0.25) is 5.91 Å². The van der Waals surface area contributed by atoms with Gasteiger partial charge in [-0.25, -0.2) is 8.42 Å². The quantitative estimate of drug-likeness (QED) is 0.459. The van der Waals surface area contributed by atoms with Gasteiger partial charge in [0, 0.05) is 25.3 Å². The topological polar surface area (TPSA) is 69.7 Å². The van der Waals surface area contributed by atoms with E-state index < -0.39 is 10.0 Å². The summed E-state index contributed by atoms with van der Waals surface area (Å²) in [5.41, 5.74) is 4.42.